The molecule has 2 aromatic heterocycles. The third-order valence-corrected chi connectivity index (χ3v) is 2.08. The van der Waals surface area contributed by atoms with Gasteiger partial charge in [-0.05, 0) is 12.1 Å². The first-order chi connectivity index (χ1) is 6.95. The molecule has 0 radical (unpaired) electrons. The number of rotatable bonds is 5. The van der Waals surface area contributed by atoms with Crippen molar-refractivity contribution < 1.29 is 0 Å². The summed E-state index contributed by atoms with van der Waals surface area (Å²) in [4.78, 5) is 7.13. The molecule has 14 heavy (non-hydrogen) atoms. The van der Waals surface area contributed by atoms with Gasteiger partial charge in [0.1, 0.15) is 0 Å². The highest BCUT2D eigenvalue weighted by atomic mass is 15.0. The Morgan fingerprint density at radius 1 is 1.50 bits per heavy atom. The number of nitrogens with zero attached hydrogens (tertiary/aromatic N) is 2. The quantitative estimate of drug-likeness (QED) is 0.691. The minimum Gasteiger partial charge on any atom is -0.364 e. The summed E-state index contributed by atoms with van der Waals surface area (Å²) in [6.45, 7) is 2.80. The van der Waals surface area contributed by atoms with Gasteiger partial charge in [-0.3, -0.25) is 0 Å². The van der Waals surface area contributed by atoms with Gasteiger partial charge >= 0.3 is 0 Å². The zero-order valence-electron chi connectivity index (χ0n) is 7.98. The number of imidazole rings is 1. The molecule has 2 aromatic rings. The Labute approximate surface area is 83.0 Å². The maximum atomic E-state index is 3.98. The molecule has 0 saturated carbocycles. The zero-order chi connectivity index (χ0) is 9.64. The number of aromatic amines is 1. The topological polar surface area (TPSA) is 45.6 Å². The average molecular weight is 190 g/mol. The number of nitrogens with one attached hydrogen (secondary N) is 2. The molecule has 0 aliphatic carbocycles. The summed E-state index contributed by atoms with van der Waals surface area (Å²) in [5.41, 5.74) is 1.22. The Hall–Kier alpha value is -1.55. The maximum Gasteiger partial charge on any atom is 0.0946 e. The summed E-state index contributed by atoms with van der Waals surface area (Å²) < 4.78 is 2.06. The molecular formula is C10H14N4. The fraction of sp³-hybridized carbons (Fsp3) is 0.300. The molecule has 4 nitrogen and oxygen atoms in total. The molecule has 0 saturated heterocycles. The number of hydrogen-bond acceptors (Lipinski definition) is 2. The second-order valence-corrected chi connectivity index (χ2v) is 3.17. The Balaban J connectivity index is 1.65. The third kappa shape index (κ3) is 2.47. The molecule has 0 amide bonds. The van der Waals surface area contributed by atoms with Crippen LogP contribution in [0.15, 0.2) is 37.1 Å². The summed E-state index contributed by atoms with van der Waals surface area (Å²) in [5.74, 6) is 0. The Bertz CT molecular complexity index is 300. The van der Waals surface area contributed by atoms with Gasteiger partial charge < -0.3 is 14.9 Å². The summed E-state index contributed by atoms with van der Waals surface area (Å²) in [6, 6.07) is 4.08. The standard InChI is InChI=1S/C10H14N4/c1-2-10(13-3-1)8-11-4-6-14-7-5-12-9-14/h1-3,5,7,9,11,13H,4,6,8H2. The van der Waals surface area contributed by atoms with Crippen LogP contribution in [-0.4, -0.2) is 21.1 Å². The highest BCUT2D eigenvalue weighted by molar-refractivity contribution is 5.02. The van der Waals surface area contributed by atoms with Crippen molar-refractivity contribution in [1.82, 2.24) is 19.9 Å². The number of H-pyrrole nitrogens is 1. The molecular weight excluding hydrogens is 176 g/mol. The lowest BCUT2D eigenvalue weighted by Gasteiger charge is -2.03. The Morgan fingerprint density at radius 3 is 3.21 bits per heavy atom. The van der Waals surface area contributed by atoms with E-state index in [1.54, 1.807) is 6.20 Å². The molecule has 2 heterocycles. The van der Waals surface area contributed by atoms with Crippen LogP contribution in [0.25, 0.3) is 0 Å². The predicted molar refractivity (Wildman–Crippen MR) is 54.7 cm³/mol. The molecule has 0 aliphatic heterocycles. The van der Waals surface area contributed by atoms with Crippen LogP contribution in [0.2, 0.25) is 0 Å². The molecule has 2 rings (SSSR count). The van der Waals surface area contributed by atoms with Gasteiger partial charge in [-0.25, -0.2) is 4.98 Å². The second kappa shape index (κ2) is 4.62. The Morgan fingerprint density at radius 2 is 2.50 bits per heavy atom. The van der Waals surface area contributed by atoms with Crippen molar-refractivity contribution in [3.63, 3.8) is 0 Å². The van der Waals surface area contributed by atoms with Crippen molar-refractivity contribution in [3.05, 3.63) is 42.7 Å². The van der Waals surface area contributed by atoms with E-state index in [0.29, 0.717) is 0 Å². The highest BCUT2D eigenvalue weighted by Crippen LogP contribution is 1.92. The van der Waals surface area contributed by atoms with Crippen LogP contribution in [0.3, 0.4) is 0 Å². The molecule has 0 unspecified atom stereocenters. The van der Waals surface area contributed by atoms with E-state index in [-0.39, 0.29) is 0 Å². The van der Waals surface area contributed by atoms with E-state index in [1.165, 1.54) is 5.69 Å². The van der Waals surface area contributed by atoms with Gasteiger partial charge in [-0.15, -0.1) is 0 Å². The first-order valence-electron chi connectivity index (χ1n) is 4.74. The molecule has 0 fully saturated rings. The van der Waals surface area contributed by atoms with Crippen LogP contribution in [0.5, 0.6) is 0 Å². The maximum absolute atomic E-state index is 3.98. The van der Waals surface area contributed by atoms with Crippen molar-refractivity contribution >= 4 is 0 Å². The summed E-state index contributed by atoms with van der Waals surface area (Å²) in [5, 5.41) is 3.35. The van der Waals surface area contributed by atoms with E-state index >= 15 is 0 Å². The molecule has 0 atom stereocenters. The van der Waals surface area contributed by atoms with E-state index < -0.39 is 0 Å². The van der Waals surface area contributed by atoms with E-state index in [9.17, 15) is 0 Å². The molecule has 74 valence electrons. The van der Waals surface area contributed by atoms with Gasteiger partial charge in [0.2, 0.25) is 0 Å². The van der Waals surface area contributed by atoms with Gasteiger partial charge in [0, 0.05) is 43.9 Å². The minimum absolute atomic E-state index is 0.891. The van der Waals surface area contributed by atoms with Crippen LogP contribution in [0.4, 0.5) is 0 Å². The fourth-order valence-corrected chi connectivity index (χ4v) is 1.33. The average Bonchev–Trinajstić information content (AvgIpc) is 2.86. The largest absolute Gasteiger partial charge is 0.364 e. The van der Waals surface area contributed by atoms with Gasteiger partial charge in [-0.1, -0.05) is 0 Å². The highest BCUT2D eigenvalue weighted by Gasteiger charge is 1.92. The van der Waals surface area contributed by atoms with Gasteiger partial charge in [-0.2, -0.15) is 0 Å². The second-order valence-electron chi connectivity index (χ2n) is 3.17. The van der Waals surface area contributed by atoms with Crippen LogP contribution in [0.1, 0.15) is 5.69 Å². The summed E-state index contributed by atoms with van der Waals surface area (Å²) in [6.07, 6.45) is 7.53. The van der Waals surface area contributed by atoms with Crippen molar-refractivity contribution in [2.45, 2.75) is 13.1 Å². The lowest BCUT2D eigenvalue weighted by Crippen LogP contribution is -2.19. The predicted octanol–water partition coefficient (Wildman–Crippen LogP) is 1.00. The third-order valence-electron chi connectivity index (χ3n) is 2.08. The molecule has 0 spiro atoms. The summed E-state index contributed by atoms with van der Waals surface area (Å²) in [7, 11) is 0. The zero-order valence-corrected chi connectivity index (χ0v) is 7.98. The van der Waals surface area contributed by atoms with Crippen molar-refractivity contribution in [2.75, 3.05) is 6.54 Å². The van der Waals surface area contributed by atoms with Gasteiger partial charge in [0.15, 0.2) is 0 Å². The van der Waals surface area contributed by atoms with E-state index in [2.05, 4.69) is 25.9 Å². The molecule has 0 aromatic carbocycles. The lowest BCUT2D eigenvalue weighted by molar-refractivity contribution is 0.593. The summed E-state index contributed by atoms with van der Waals surface area (Å²) >= 11 is 0. The molecule has 2 N–H and O–H groups in total. The van der Waals surface area contributed by atoms with Gasteiger partial charge in [0.05, 0.1) is 6.33 Å². The Kier molecular flexibility index (Phi) is 2.98. The monoisotopic (exact) mass is 190 g/mol. The lowest BCUT2D eigenvalue weighted by atomic mass is 10.4. The normalized spacial score (nSPS) is 10.6. The first kappa shape index (κ1) is 9.02. The molecule has 0 aliphatic rings. The SMILES string of the molecule is c1c[nH]c(CNCCn2ccnc2)c1. The van der Waals surface area contributed by atoms with Crippen molar-refractivity contribution in [3.8, 4) is 0 Å². The number of aromatic nitrogens is 3. The van der Waals surface area contributed by atoms with Gasteiger partial charge in [0.25, 0.3) is 0 Å². The van der Waals surface area contributed by atoms with Crippen LogP contribution < -0.4 is 5.32 Å². The van der Waals surface area contributed by atoms with Crippen LogP contribution >= 0.6 is 0 Å². The van der Waals surface area contributed by atoms with Crippen LogP contribution in [0, 0.1) is 0 Å². The van der Waals surface area contributed by atoms with E-state index in [1.807, 2.05) is 24.8 Å². The minimum atomic E-state index is 0.891. The first-order valence-corrected chi connectivity index (χ1v) is 4.74. The molecule has 4 heteroatoms. The van der Waals surface area contributed by atoms with Crippen molar-refractivity contribution in [2.24, 2.45) is 0 Å². The molecule has 0 bridgehead atoms. The van der Waals surface area contributed by atoms with Crippen LogP contribution in [-0.2, 0) is 13.1 Å². The number of hydrogen-bond donors (Lipinski definition) is 2. The smallest absolute Gasteiger partial charge is 0.0946 e. The van der Waals surface area contributed by atoms with Crippen molar-refractivity contribution in [1.29, 1.82) is 0 Å². The van der Waals surface area contributed by atoms with E-state index in [4.69, 9.17) is 0 Å². The van der Waals surface area contributed by atoms with E-state index in [0.717, 1.165) is 19.6 Å². The fourth-order valence-electron chi connectivity index (χ4n) is 1.33.